The average molecular weight is 409 g/mol. The number of carbonyl (C=O) groups excluding carboxylic acids is 1. The van der Waals surface area contributed by atoms with Crippen molar-refractivity contribution in [3.8, 4) is 0 Å². The van der Waals surface area contributed by atoms with Crippen LogP contribution in [-0.2, 0) is 14.3 Å². The van der Waals surface area contributed by atoms with Gasteiger partial charge in [0.15, 0.2) is 0 Å². The van der Waals surface area contributed by atoms with Crippen LogP contribution in [0.3, 0.4) is 0 Å². The van der Waals surface area contributed by atoms with E-state index in [1.807, 2.05) is 26.2 Å². The zero-order valence-electron chi connectivity index (χ0n) is 19.3. The van der Waals surface area contributed by atoms with Crippen molar-refractivity contribution in [2.45, 2.75) is 102 Å². The summed E-state index contributed by atoms with van der Waals surface area (Å²) in [5, 5.41) is 0. The molecule has 0 aromatic rings. The van der Waals surface area contributed by atoms with Crippen LogP contribution in [-0.4, -0.2) is 74.4 Å². The van der Waals surface area contributed by atoms with Crippen LogP contribution in [0.4, 0.5) is 0 Å². The Labute approximate surface area is 178 Å². The zero-order valence-corrected chi connectivity index (χ0v) is 19.3. The van der Waals surface area contributed by atoms with E-state index in [0.29, 0.717) is 24.5 Å². The minimum absolute atomic E-state index is 0.309. The molecule has 0 aromatic carbocycles. The van der Waals surface area contributed by atoms with Crippen LogP contribution in [0, 0.1) is 11.8 Å². The van der Waals surface area contributed by atoms with E-state index in [-0.39, 0.29) is 0 Å². The van der Waals surface area contributed by atoms with Crippen molar-refractivity contribution in [1.82, 2.24) is 9.80 Å². The van der Waals surface area contributed by atoms with Crippen LogP contribution in [0.2, 0.25) is 0 Å². The van der Waals surface area contributed by atoms with Gasteiger partial charge in [0.05, 0.1) is 12.2 Å². The largest absolute Gasteiger partial charge is 0.381 e. The monoisotopic (exact) mass is 408 g/mol. The van der Waals surface area contributed by atoms with Gasteiger partial charge in [-0.3, -0.25) is 9.69 Å². The maximum Gasteiger partial charge on any atom is 0.222 e. The molecular weight excluding hydrogens is 364 g/mol. The number of ether oxygens (including phenoxy) is 2. The Morgan fingerprint density at radius 2 is 1.52 bits per heavy atom. The second kappa shape index (κ2) is 11.1. The van der Waals surface area contributed by atoms with Crippen LogP contribution in [0.25, 0.3) is 0 Å². The van der Waals surface area contributed by atoms with Gasteiger partial charge in [-0.1, -0.05) is 13.3 Å². The highest BCUT2D eigenvalue weighted by Gasteiger charge is 2.52. The Bertz CT molecular complexity index is 486. The first-order chi connectivity index (χ1) is 14.1. The van der Waals surface area contributed by atoms with Crippen molar-refractivity contribution in [3.05, 3.63) is 0 Å². The molecule has 0 aromatic heterocycles. The molecule has 168 valence electrons. The predicted octanol–water partition coefficient (Wildman–Crippen LogP) is 4.10. The van der Waals surface area contributed by atoms with Crippen LogP contribution < -0.4 is 0 Å². The van der Waals surface area contributed by atoms with Crippen molar-refractivity contribution >= 4 is 5.91 Å². The zero-order chi connectivity index (χ0) is 20.8. The molecule has 1 aliphatic heterocycles. The van der Waals surface area contributed by atoms with Gasteiger partial charge >= 0.3 is 0 Å². The molecule has 6 atom stereocenters. The summed E-state index contributed by atoms with van der Waals surface area (Å²) in [6.45, 7) is 4.21. The molecule has 0 bridgehead atoms. The maximum atomic E-state index is 12.1. The highest BCUT2D eigenvalue weighted by atomic mass is 16.5. The molecule has 1 heterocycles. The Hall–Kier alpha value is -0.650. The van der Waals surface area contributed by atoms with E-state index in [9.17, 15) is 4.79 Å². The molecule has 2 aliphatic carbocycles. The van der Waals surface area contributed by atoms with Crippen LogP contribution in [0.1, 0.15) is 77.6 Å². The van der Waals surface area contributed by atoms with E-state index in [4.69, 9.17) is 9.47 Å². The average Bonchev–Trinajstić information content (AvgIpc) is 3.05. The summed E-state index contributed by atoms with van der Waals surface area (Å²) < 4.78 is 11.5. The molecule has 0 spiro atoms. The van der Waals surface area contributed by atoms with Gasteiger partial charge < -0.3 is 14.4 Å². The first kappa shape index (κ1) is 23.0. The van der Waals surface area contributed by atoms with Gasteiger partial charge in [0.2, 0.25) is 5.91 Å². The van der Waals surface area contributed by atoms with Gasteiger partial charge in [0.1, 0.15) is 0 Å². The highest BCUT2D eigenvalue weighted by Crippen LogP contribution is 2.49. The summed E-state index contributed by atoms with van der Waals surface area (Å²) in [7, 11) is 5.70. The van der Waals surface area contributed by atoms with Gasteiger partial charge in [0.25, 0.3) is 0 Å². The van der Waals surface area contributed by atoms with Gasteiger partial charge in [0, 0.05) is 46.3 Å². The molecule has 0 N–H and O–H groups in total. The van der Waals surface area contributed by atoms with E-state index < -0.39 is 0 Å². The third-order valence-electron chi connectivity index (χ3n) is 7.99. The standard InChI is InChI=1S/C24H44N2O3/c1-5-14-25(2)24(27)9-7-6-8-15-26-22-12-10-18(28-3)16-20(22)21-17-19(29-4)11-13-23(21)26/h18-23H,5-17H2,1-4H3. The van der Waals surface area contributed by atoms with E-state index in [1.54, 1.807) is 0 Å². The predicted molar refractivity (Wildman–Crippen MR) is 117 cm³/mol. The number of likely N-dealkylation sites (tertiary alicyclic amines) is 1. The van der Waals surface area contributed by atoms with Crippen molar-refractivity contribution < 1.29 is 14.3 Å². The topological polar surface area (TPSA) is 42.0 Å². The first-order valence-corrected chi connectivity index (χ1v) is 12.1. The van der Waals surface area contributed by atoms with Crippen LogP contribution >= 0.6 is 0 Å². The smallest absolute Gasteiger partial charge is 0.222 e. The number of amides is 1. The van der Waals surface area contributed by atoms with E-state index in [0.717, 1.165) is 43.3 Å². The maximum absolute atomic E-state index is 12.1. The van der Waals surface area contributed by atoms with Gasteiger partial charge in [-0.2, -0.15) is 0 Å². The molecule has 0 radical (unpaired) electrons. The number of nitrogens with zero attached hydrogens (tertiary/aromatic N) is 2. The summed E-state index contributed by atoms with van der Waals surface area (Å²) in [4.78, 5) is 16.9. The second-order valence-corrected chi connectivity index (χ2v) is 9.67. The number of carbonyl (C=O) groups is 1. The minimum atomic E-state index is 0.309. The Morgan fingerprint density at radius 3 is 2.03 bits per heavy atom. The van der Waals surface area contributed by atoms with Crippen LogP contribution in [0.15, 0.2) is 0 Å². The number of fused-ring (bicyclic) bond motifs is 3. The molecule has 6 unspecified atom stereocenters. The number of hydrogen-bond acceptors (Lipinski definition) is 4. The van der Waals surface area contributed by atoms with E-state index in [1.165, 1.54) is 57.9 Å². The third kappa shape index (κ3) is 5.54. The third-order valence-corrected chi connectivity index (χ3v) is 7.99. The summed E-state index contributed by atoms with van der Waals surface area (Å²) in [5.41, 5.74) is 0. The fourth-order valence-corrected chi connectivity index (χ4v) is 6.45. The number of hydrogen-bond donors (Lipinski definition) is 0. The molecule has 3 fully saturated rings. The fraction of sp³-hybridized carbons (Fsp3) is 0.958. The van der Waals surface area contributed by atoms with Gasteiger partial charge in [-0.05, 0) is 76.2 Å². The summed E-state index contributed by atoms with van der Waals surface area (Å²) >= 11 is 0. The lowest BCUT2D eigenvalue weighted by atomic mass is 9.72. The molecule has 29 heavy (non-hydrogen) atoms. The second-order valence-electron chi connectivity index (χ2n) is 9.67. The number of methoxy groups -OCH3 is 2. The van der Waals surface area contributed by atoms with Crippen molar-refractivity contribution in [3.63, 3.8) is 0 Å². The van der Waals surface area contributed by atoms with E-state index >= 15 is 0 Å². The molecule has 5 heteroatoms. The lowest BCUT2D eigenvalue weighted by Crippen LogP contribution is -2.42. The van der Waals surface area contributed by atoms with Crippen molar-refractivity contribution in [1.29, 1.82) is 0 Å². The highest BCUT2D eigenvalue weighted by molar-refractivity contribution is 5.75. The molecule has 3 aliphatic rings. The Kier molecular flexibility index (Phi) is 8.82. The Morgan fingerprint density at radius 1 is 0.931 bits per heavy atom. The molecular formula is C24H44N2O3. The lowest BCUT2D eigenvalue weighted by Gasteiger charge is -2.36. The first-order valence-electron chi connectivity index (χ1n) is 12.1. The SMILES string of the molecule is CCCN(C)C(=O)CCCCCN1C2CCC(OC)CC2C2CC(OC)CCC21. The summed E-state index contributed by atoms with van der Waals surface area (Å²) in [5.74, 6) is 1.87. The molecule has 1 saturated heterocycles. The molecule has 1 amide bonds. The fourth-order valence-electron chi connectivity index (χ4n) is 6.45. The van der Waals surface area contributed by atoms with Crippen molar-refractivity contribution in [2.75, 3.05) is 34.4 Å². The quantitative estimate of drug-likeness (QED) is 0.511. The van der Waals surface area contributed by atoms with E-state index in [2.05, 4.69) is 11.8 Å². The Balaban J connectivity index is 1.50. The number of rotatable bonds is 10. The van der Waals surface area contributed by atoms with Gasteiger partial charge in [-0.25, -0.2) is 0 Å². The number of unbranched alkanes of at least 4 members (excludes halogenated alkanes) is 2. The summed E-state index contributed by atoms with van der Waals surface area (Å²) in [6, 6.07) is 1.48. The van der Waals surface area contributed by atoms with Crippen LogP contribution in [0.5, 0.6) is 0 Å². The molecule has 2 saturated carbocycles. The normalized spacial score (nSPS) is 34.6. The van der Waals surface area contributed by atoms with Gasteiger partial charge in [-0.15, -0.1) is 0 Å². The summed E-state index contributed by atoms with van der Waals surface area (Å²) in [6.07, 6.45) is 13.5. The molecule has 3 rings (SSSR count). The minimum Gasteiger partial charge on any atom is -0.381 e. The lowest BCUT2D eigenvalue weighted by molar-refractivity contribution is -0.130. The molecule has 5 nitrogen and oxygen atoms in total. The van der Waals surface area contributed by atoms with Crippen molar-refractivity contribution in [2.24, 2.45) is 11.8 Å².